The molecular weight excluding hydrogens is 394 g/mol. The standard InChI is InChI=1S/C22H23N7O2/c1-29(2)22(30)15-8-6-14(7-9-15)17-12-25-19(24)18(26-17)21-28-27-20(31-21)16-5-3-4-13(10-16)11-23/h3-10,12,22,30H,11,23H2,1-2H3,(H2,24,25). The molecule has 4 aromatic rings. The van der Waals surface area contributed by atoms with Crippen LogP contribution in [0.5, 0.6) is 0 Å². The zero-order valence-electron chi connectivity index (χ0n) is 17.2. The molecule has 0 aliphatic rings. The molecule has 0 aliphatic carbocycles. The van der Waals surface area contributed by atoms with E-state index in [9.17, 15) is 5.11 Å². The molecule has 0 saturated heterocycles. The van der Waals surface area contributed by atoms with E-state index in [1.54, 1.807) is 25.2 Å². The third-order valence-electron chi connectivity index (χ3n) is 4.83. The SMILES string of the molecule is CN(C)C(O)c1ccc(-c2cnc(N)c(-c3nnc(-c4cccc(CN)c4)o3)n2)cc1. The van der Waals surface area contributed by atoms with Crippen molar-refractivity contribution in [3.8, 4) is 34.3 Å². The largest absolute Gasteiger partial charge is 0.414 e. The van der Waals surface area contributed by atoms with E-state index in [2.05, 4.69) is 20.2 Å². The van der Waals surface area contributed by atoms with Crippen molar-refractivity contribution >= 4 is 5.82 Å². The van der Waals surface area contributed by atoms with E-state index in [1.165, 1.54) is 0 Å². The van der Waals surface area contributed by atoms with Crippen molar-refractivity contribution in [3.63, 3.8) is 0 Å². The van der Waals surface area contributed by atoms with Gasteiger partial charge in [-0.25, -0.2) is 9.97 Å². The Morgan fingerprint density at radius 1 is 1.03 bits per heavy atom. The van der Waals surface area contributed by atoms with Gasteiger partial charge in [0.15, 0.2) is 11.5 Å². The van der Waals surface area contributed by atoms with Crippen LogP contribution in [0.4, 0.5) is 5.82 Å². The van der Waals surface area contributed by atoms with Gasteiger partial charge in [-0.3, -0.25) is 4.90 Å². The fourth-order valence-electron chi connectivity index (χ4n) is 3.09. The van der Waals surface area contributed by atoms with Crippen LogP contribution in [0, 0.1) is 0 Å². The first kappa shape index (κ1) is 20.6. The molecule has 4 rings (SSSR count). The lowest BCUT2D eigenvalue weighted by molar-refractivity contribution is 0.0395. The molecule has 0 radical (unpaired) electrons. The molecule has 2 heterocycles. The van der Waals surface area contributed by atoms with Crippen LogP contribution in [0.3, 0.4) is 0 Å². The van der Waals surface area contributed by atoms with Crippen molar-refractivity contribution in [2.24, 2.45) is 5.73 Å². The van der Waals surface area contributed by atoms with E-state index in [0.717, 1.165) is 22.3 Å². The number of anilines is 1. The number of aliphatic hydroxyl groups excluding tert-OH is 1. The molecule has 5 N–H and O–H groups in total. The summed E-state index contributed by atoms with van der Waals surface area (Å²) in [6.07, 6.45) is 0.898. The van der Waals surface area contributed by atoms with Gasteiger partial charge in [-0.1, -0.05) is 36.4 Å². The van der Waals surface area contributed by atoms with Gasteiger partial charge in [0.1, 0.15) is 6.23 Å². The molecule has 0 aliphatic heterocycles. The lowest BCUT2D eigenvalue weighted by Gasteiger charge is -2.18. The van der Waals surface area contributed by atoms with Crippen LogP contribution in [-0.4, -0.2) is 44.3 Å². The van der Waals surface area contributed by atoms with Crippen LogP contribution < -0.4 is 11.5 Å². The number of rotatable bonds is 6. The molecule has 158 valence electrons. The van der Waals surface area contributed by atoms with Gasteiger partial charge in [0.2, 0.25) is 5.89 Å². The predicted molar refractivity (Wildman–Crippen MR) is 117 cm³/mol. The molecule has 2 aromatic heterocycles. The maximum atomic E-state index is 10.2. The maximum Gasteiger partial charge on any atom is 0.270 e. The maximum absolute atomic E-state index is 10.2. The molecule has 31 heavy (non-hydrogen) atoms. The quantitative estimate of drug-likeness (QED) is 0.403. The first-order valence-electron chi connectivity index (χ1n) is 9.67. The number of nitrogens with zero attached hydrogens (tertiary/aromatic N) is 5. The monoisotopic (exact) mass is 417 g/mol. The molecular formula is C22H23N7O2. The van der Waals surface area contributed by atoms with Crippen molar-refractivity contribution in [2.75, 3.05) is 19.8 Å². The zero-order valence-corrected chi connectivity index (χ0v) is 17.2. The first-order valence-corrected chi connectivity index (χ1v) is 9.67. The summed E-state index contributed by atoms with van der Waals surface area (Å²) in [6, 6.07) is 15.0. The third-order valence-corrected chi connectivity index (χ3v) is 4.83. The van der Waals surface area contributed by atoms with E-state index >= 15 is 0 Å². The summed E-state index contributed by atoms with van der Waals surface area (Å²) in [5.41, 5.74) is 16.0. The van der Waals surface area contributed by atoms with Crippen LogP contribution in [0.2, 0.25) is 0 Å². The second-order valence-corrected chi connectivity index (χ2v) is 7.27. The highest BCUT2D eigenvalue weighted by Crippen LogP contribution is 2.28. The lowest BCUT2D eigenvalue weighted by atomic mass is 10.1. The van der Waals surface area contributed by atoms with Gasteiger partial charge in [-0.2, -0.15) is 0 Å². The van der Waals surface area contributed by atoms with Crippen molar-refractivity contribution in [3.05, 3.63) is 65.9 Å². The van der Waals surface area contributed by atoms with Gasteiger partial charge in [-0.05, 0) is 37.4 Å². The molecule has 0 fully saturated rings. The van der Waals surface area contributed by atoms with E-state index in [4.69, 9.17) is 15.9 Å². The number of hydrogen-bond donors (Lipinski definition) is 3. The topological polar surface area (TPSA) is 140 Å². The van der Waals surface area contributed by atoms with Crippen LogP contribution in [0.25, 0.3) is 34.3 Å². The third kappa shape index (κ3) is 4.29. The van der Waals surface area contributed by atoms with Crippen molar-refractivity contribution in [1.82, 2.24) is 25.1 Å². The molecule has 1 atom stereocenters. The van der Waals surface area contributed by atoms with Crippen molar-refractivity contribution < 1.29 is 9.52 Å². The summed E-state index contributed by atoms with van der Waals surface area (Å²) in [5.74, 6) is 0.716. The lowest BCUT2D eigenvalue weighted by Crippen LogP contribution is -2.18. The highest BCUT2D eigenvalue weighted by atomic mass is 16.4. The van der Waals surface area contributed by atoms with Crippen LogP contribution in [0.15, 0.2) is 59.1 Å². The number of nitrogens with two attached hydrogens (primary N) is 2. The van der Waals surface area contributed by atoms with E-state index in [0.29, 0.717) is 23.8 Å². The van der Waals surface area contributed by atoms with Crippen LogP contribution in [-0.2, 0) is 6.54 Å². The molecule has 0 bridgehead atoms. The minimum atomic E-state index is -0.684. The molecule has 9 nitrogen and oxygen atoms in total. The van der Waals surface area contributed by atoms with E-state index in [1.807, 2.05) is 48.5 Å². The second-order valence-electron chi connectivity index (χ2n) is 7.27. The zero-order chi connectivity index (χ0) is 22.0. The Balaban J connectivity index is 1.65. The second kappa shape index (κ2) is 8.60. The number of nitrogen functional groups attached to an aromatic ring is 1. The number of benzene rings is 2. The fourth-order valence-corrected chi connectivity index (χ4v) is 3.09. The minimum Gasteiger partial charge on any atom is -0.414 e. The average Bonchev–Trinajstić information content (AvgIpc) is 3.29. The number of hydrogen-bond acceptors (Lipinski definition) is 9. The number of aromatic nitrogens is 4. The highest BCUT2D eigenvalue weighted by Gasteiger charge is 2.17. The average molecular weight is 417 g/mol. The molecule has 1 unspecified atom stereocenters. The summed E-state index contributed by atoms with van der Waals surface area (Å²) in [7, 11) is 3.61. The van der Waals surface area contributed by atoms with Crippen LogP contribution in [0.1, 0.15) is 17.4 Å². The Bertz CT molecular complexity index is 1190. The molecule has 0 saturated carbocycles. The van der Waals surface area contributed by atoms with Crippen LogP contribution >= 0.6 is 0 Å². The molecule has 9 heteroatoms. The highest BCUT2D eigenvalue weighted by molar-refractivity contribution is 5.69. The summed E-state index contributed by atoms with van der Waals surface area (Å²) < 4.78 is 5.82. The number of aliphatic hydroxyl groups is 1. The smallest absolute Gasteiger partial charge is 0.270 e. The van der Waals surface area contributed by atoms with Crippen molar-refractivity contribution in [1.29, 1.82) is 0 Å². The Morgan fingerprint density at radius 2 is 1.77 bits per heavy atom. The summed E-state index contributed by atoms with van der Waals surface area (Å²) in [5, 5.41) is 18.4. The summed E-state index contributed by atoms with van der Waals surface area (Å²) >= 11 is 0. The summed E-state index contributed by atoms with van der Waals surface area (Å²) in [6.45, 7) is 0.416. The minimum absolute atomic E-state index is 0.180. The van der Waals surface area contributed by atoms with Gasteiger partial charge in [0.25, 0.3) is 5.89 Å². The predicted octanol–water partition coefficient (Wildman–Crippen LogP) is 2.45. The Kier molecular flexibility index (Phi) is 5.72. The van der Waals surface area contributed by atoms with Gasteiger partial charge < -0.3 is 21.0 Å². The molecule has 2 aromatic carbocycles. The first-order chi connectivity index (χ1) is 15.0. The normalized spacial score (nSPS) is 12.3. The fraction of sp³-hybridized carbons (Fsp3) is 0.182. The van der Waals surface area contributed by atoms with Gasteiger partial charge in [-0.15, -0.1) is 10.2 Å². The van der Waals surface area contributed by atoms with Gasteiger partial charge in [0.05, 0.1) is 11.9 Å². The Morgan fingerprint density at radius 3 is 2.48 bits per heavy atom. The molecule has 0 spiro atoms. The van der Waals surface area contributed by atoms with E-state index < -0.39 is 6.23 Å². The van der Waals surface area contributed by atoms with Gasteiger partial charge >= 0.3 is 0 Å². The summed E-state index contributed by atoms with van der Waals surface area (Å²) in [4.78, 5) is 10.5. The Hall–Kier alpha value is -3.66. The van der Waals surface area contributed by atoms with E-state index in [-0.39, 0.29) is 11.7 Å². The Labute approximate surface area is 179 Å². The molecule has 0 amide bonds. The van der Waals surface area contributed by atoms with Gasteiger partial charge in [0, 0.05) is 17.7 Å². The van der Waals surface area contributed by atoms with Crippen molar-refractivity contribution in [2.45, 2.75) is 12.8 Å².